The van der Waals surface area contributed by atoms with Gasteiger partial charge in [0.15, 0.2) is 0 Å². The van der Waals surface area contributed by atoms with Crippen molar-refractivity contribution >= 4 is 52.0 Å². The maximum atomic E-state index is 5.38. The molecule has 4 aromatic rings. The van der Waals surface area contributed by atoms with Crippen LogP contribution >= 0.6 is 0 Å². The molecule has 0 amide bonds. The number of benzene rings is 3. The van der Waals surface area contributed by atoms with Gasteiger partial charge in [-0.05, 0) is 0 Å². The summed E-state index contributed by atoms with van der Waals surface area (Å²) in [5, 5.41) is 2.12. The second-order valence-corrected chi connectivity index (χ2v) is 13.4. The molecule has 2 N–H and O–H groups in total. The summed E-state index contributed by atoms with van der Waals surface area (Å²) in [6, 6.07) is 24.9. The molecule has 1 radical (unpaired) electrons. The first-order valence-corrected chi connectivity index (χ1v) is 15.8. The molecule has 0 saturated carbocycles. The van der Waals surface area contributed by atoms with Gasteiger partial charge in [-0.3, -0.25) is 0 Å². The smallest absolute Gasteiger partial charge is 0.412 e. The van der Waals surface area contributed by atoms with Crippen molar-refractivity contribution in [3.05, 3.63) is 142 Å². The third kappa shape index (κ3) is 3.08. The van der Waals surface area contributed by atoms with E-state index >= 15 is 0 Å². The molecule has 6 bridgehead atoms. The van der Waals surface area contributed by atoms with Gasteiger partial charge < -0.3 is 5.48 Å². The van der Waals surface area contributed by atoms with Gasteiger partial charge in [-0.2, -0.15) is 0 Å². The van der Waals surface area contributed by atoms with Gasteiger partial charge in [-0.25, -0.2) is 0 Å². The van der Waals surface area contributed by atoms with E-state index < -0.39 is 17.9 Å². The average Bonchev–Trinajstić information content (AvgIpc) is 3.72. The summed E-state index contributed by atoms with van der Waals surface area (Å²) >= 11 is -1.51. The first kappa shape index (κ1) is 23.8. The molecular weight excluding hydrogens is 582 g/mol. The van der Waals surface area contributed by atoms with Crippen molar-refractivity contribution in [1.82, 2.24) is 6.88 Å². The first-order chi connectivity index (χ1) is 20.3. The number of aliphatic imine (C=N–C) groups is 4. The monoisotopic (exact) mass is 601 g/mol. The zero-order valence-corrected chi connectivity index (χ0v) is 24.5. The molecule has 2 unspecified atom stereocenters. The predicted octanol–water partition coefficient (Wildman–Crippen LogP) is 2.47. The summed E-state index contributed by atoms with van der Waals surface area (Å²) < 4.78 is 4.78. The number of amidine groups is 4. The zero-order chi connectivity index (χ0) is 26.7. The molecule has 0 saturated heterocycles. The van der Waals surface area contributed by atoms with E-state index in [9.17, 15) is 0 Å². The molecule has 0 spiro atoms. The van der Waals surface area contributed by atoms with E-state index in [1.807, 2.05) is 24.3 Å². The Morgan fingerprint density at radius 2 is 1.14 bits per heavy atom. The van der Waals surface area contributed by atoms with Gasteiger partial charge in [0.05, 0.1) is 0 Å². The maximum Gasteiger partial charge on any atom is -0.412 e. The third-order valence-electron chi connectivity index (χ3n) is 8.41. The number of hydrogen-bond acceptors (Lipinski definition) is 7. The number of hydrogen-bond donors (Lipinski definition) is 0. The molecule has 6 aliphatic rings. The molecule has 0 fully saturated rings. The molecule has 42 heavy (non-hydrogen) atoms. The fourth-order valence-electron chi connectivity index (χ4n) is 6.54. The van der Waals surface area contributed by atoms with E-state index in [0.717, 1.165) is 61.2 Å². The minimum absolute atomic E-state index is 0. The molecule has 6 heterocycles. The van der Waals surface area contributed by atoms with Crippen LogP contribution < -0.4 is 11.0 Å². The topological polar surface area (TPSA) is 114 Å². The van der Waals surface area contributed by atoms with Crippen LogP contribution in [0.2, 0.25) is 0 Å². The second-order valence-electron chi connectivity index (χ2n) is 10.6. The predicted molar refractivity (Wildman–Crippen MR) is 162 cm³/mol. The van der Waals surface area contributed by atoms with Crippen LogP contribution in [0.5, 0.6) is 0 Å². The van der Waals surface area contributed by atoms with Gasteiger partial charge in [0, 0.05) is 0 Å². The number of fused-ring (bicyclic) bond motifs is 13. The van der Waals surface area contributed by atoms with Crippen molar-refractivity contribution in [2.24, 2.45) is 35.9 Å². The molecule has 10 heteroatoms. The Labute approximate surface area is 247 Å². The van der Waals surface area contributed by atoms with Crippen LogP contribution in [0.25, 0.3) is 10.8 Å². The van der Waals surface area contributed by atoms with E-state index in [1.165, 1.54) is 0 Å². The van der Waals surface area contributed by atoms with Crippen molar-refractivity contribution in [1.29, 1.82) is 0 Å². The van der Waals surface area contributed by atoms with E-state index in [0.29, 0.717) is 17.5 Å². The van der Waals surface area contributed by atoms with Gasteiger partial charge in [-0.15, -0.1) is 0 Å². The molecule has 1 aromatic heterocycles. The Morgan fingerprint density at radius 1 is 0.595 bits per heavy atom. The summed E-state index contributed by atoms with van der Waals surface area (Å²) in [7, 11) is 0. The Kier molecular flexibility index (Phi) is 4.84. The summed E-state index contributed by atoms with van der Waals surface area (Å²) in [4.78, 5) is 31.3. The van der Waals surface area contributed by atoms with Crippen LogP contribution in [0.4, 0.5) is 0 Å². The standard InChI is InChI=1S/C32H18N8.Ga.H2O/c1-2-10-18-17(9-1)25-33-26(18)38-28-21-13-5-6-14-22(21)30(35-28)40-32-24-16-8-7-15-23(24)31(36-32)39-29-20-12-4-3-11-19(20)27(34-29)37-25;;/h1-17,25H;;1H2/q-2;+2;. The fourth-order valence-corrected chi connectivity index (χ4v) is 9.83. The van der Waals surface area contributed by atoms with Crippen molar-refractivity contribution in [2.45, 2.75) is 6.17 Å². The van der Waals surface area contributed by atoms with Gasteiger partial charge in [0.1, 0.15) is 0 Å². The summed E-state index contributed by atoms with van der Waals surface area (Å²) in [6.07, 6.45) is 8.47. The van der Waals surface area contributed by atoms with Gasteiger partial charge >= 0.3 is 243 Å². The molecule has 1 aliphatic carbocycles. The van der Waals surface area contributed by atoms with Crippen molar-refractivity contribution < 1.29 is 5.48 Å². The van der Waals surface area contributed by atoms with Crippen molar-refractivity contribution in [3.8, 4) is 0 Å². The van der Waals surface area contributed by atoms with Crippen LogP contribution in [0.15, 0.2) is 138 Å². The maximum absolute atomic E-state index is 5.38. The van der Waals surface area contributed by atoms with Crippen LogP contribution in [0, 0.1) is 5.92 Å². The second kappa shape index (κ2) is 8.55. The molecular formula is C32H20GaN8O. The number of nitrogens with zero attached hydrogens (tertiary/aromatic N) is 8. The summed E-state index contributed by atoms with van der Waals surface area (Å²) in [5.41, 5.74) is 6.96. The molecule has 197 valence electrons. The van der Waals surface area contributed by atoms with Gasteiger partial charge in [-0.1, -0.05) is 0 Å². The van der Waals surface area contributed by atoms with Crippen LogP contribution in [0.3, 0.4) is 0 Å². The van der Waals surface area contributed by atoms with Crippen LogP contribution in [0.1, 0.15) is 22.3 Å². The first-order valence-electron chi connectivity index (χ1n) is 13.6. The third-order valence-corrected chi connectivity index (χ3v) is 11.6. The van der Waals surface area contributed by atoms with E-state index in [-0.39, 0.29) is 17.6 Å². The average molecular weight is 602 g/mol. The molecule has 10 rings (SSSR count). The van der Waals surface area contributed by atoms with Crippen molar-refractivity contribution in [3.63, 3.8) is 0 Å². The number of aromatic nitrogens is 1. The molecule has 2 atom stereocenters. The summed E-state index contributed by atoms with van der Waals surface area (Å²) in [5.74, 6) is 3.81. The Bertz CT molecular complexity index is 2240. The zero-order valence-electron chi connectivity index (χ0n) is 22.0. The Balaban J connectivity index is 0.00000250. The molecule has 9 nitrogen and oxygen atoms in total. The summed E-state index contributed by atoms with van der Waals surface area (Å²) in [6.45, 7) is 0. The number of allylic oxidation sites excluding steroid dienone is 3. The fraction of sp³-hybridized carbons (Fsp3) is 0.0625. The molecule has 3 aromatic carbocycles. The number of rotatable bonds is 0. The van der Waals surface area contributed by atoms with Gasteiger partial charge in [0.25, 0.3) is 0 Å². The van der Waals surface area contributed by atoms with Crippen molar-refractivity contribution in [2.75, 3.05) is 0 Å². The SMILES string of the molecule is C1=CC2=C3N=C4N=C(N=c5c6ccccc6c6[n]5[Ga][N]3C(N=C3N=C(N=6)c5ccccc53)C2C=C1)c1ccccc14.O. The van der Waals surface area contributed by atoms with Crippen LogP contribution in [-0.4, -0.2) is 59.8 Å². The quantitative estimate of drug-likeness (QED) is 0.283. The Hall–Kier alpha value is -4.90. The van der Waals surface area contributed by atoms with E-state index in [1.54, 1.807) is 0 Å². The minimum Gasteiger partial charge on any atom is -0.412 e. The van der Waals surface area contributed by atoms with E-state index in [2.05, 4.69) is 79.7 Å². The Morgan fingerprint density at radius 3 is 1.79 bits per heavy atom. The van der Waals surface area contributed by atoms with Crippen LogP contribution in [-0.2, 0) is 0 Å². The van der Waals surface area contributed by atoms with E-state index in [4.69, 9.17) is 30.0 Å². The normalized spacial score (nSPS) is 21.5. The van der Waals surface area contributed by atoms with Gasteiger partial charge in [0.2, 0.25) is 0 Å². The minimum atomic E-state index is -1.51. The molecule has 5 aliphatic heterocycles. The largest absolute Gasteiger partial charge is 0.412 e.